The van der Waals surface area contributed by atoms with Crippen LogP contribution >= 0.6 is 12.6 Å². The third-order valence-corrected chi connectivity index (χ3v) is 4.55. The number of benzene rings is 1. The molecule has 0 aliphatic heterocycles. The minimum Gasteiger partial charge on any atom is -0.491 e. The first-order valence-corrected chi connectivity index (χ1v) is 7.04. The van der Waals surface area contributed by atoms with E-state index in [-0.39, 0.29) is 0 Å². The van der Waals surface area contributed by atoms with Gasteiger partial charge in [-0.15, -0.1) is 0 Å². The number of pyridine rings is 1. The summed E-state index contributed by atoms with van der Waals surface area (Å²) >= 11 is 4.46. The molecule has 2 nitrogen and oxygen atoms in total. The van der Waals surface area contributed by atoms with E-state index in [1.54, 1.807) is 0 Å². The van der Waals surface area contributed by atoms with Crippen molar-refractivity contribution in [2.75, 3.05) is 12.4 Å². The van der Waals surface area contributed by atoms with Gasteiger partial charge in [0.2, 0.25) is 0 Å². The summed E-state index contributed by atoms with van der Waals surface area (Å²) in [4.78, 5) is 4.41. The fourth-order valence-electron chi connectivity index (χ4n) is 2.45. The van der Waals surface area contributed by atoms with Gasteiger partial charge in [0, 0.05) is 17.0 Å². The molecule has 0 unspecified atom stereocenters. The molecule has 1 saturated carbocycles. The Kier molecular flexibility index (Phi) is 3.16. The molecule has 1 aliphatic rings. The average molecular weight is 259 g/mol. The molecule has 0 radical (unpaired) electrons. The molecule has 1 fully saturated rings. The second-order valence-corrected chi connectivity index (χ2v) is 5.45. The second-order valence-electron chi connectivity index (χ2n) is 5.13. The quantitative estimate of drug-likeness (QED) is 0.845. The average Bonchev–Trinajstić information content (AvgIpc) is 2.38. The Bertz CT molecular complexity index is 540. The lowest BCUT2D eigenvalue weighted by Gasteiger charge is -2.40. The highest BCUT2D eigenvalue weighted by molar-refractivity contribution is 7.80. The van der Waals surface area contributed by atoms with Crippen LogP contribution in [0.15, 0.2) is 36.5 Å². The van der Waals surface area contributed by atoms with Gasteiger partial charge < -0.3 is 4.74 Å². The fraction of sp³-hybridized carbons (Fsp3) is 0.400. The Labute approximate surface area is 113 Å². The minimum atomic E-state index is 0.292. The van der Waals surface area contributed by atoms with E-state index < -0.39 is 0 Å². The number of nitrogens with zero attached hydrogens (tertiary/aromatic N) is 1. The summed E-state index contributed by atoms with van der Waals surface area (Å²) in [6, 6.07) is 10.1. The van der Waals surface area contributed by atoms with Crippen LogP contribution in [0.25, 0.3) is 10.9 Å². The SMILES string of the molecule is SCC1(COc2cccc3cccnc23)CCC1. The first-order chi connectivity index (χ1) is 8.83. The van der Waals surface area contributed by atoms with E-state index in [9.17, 15) is 0 Å². The largest absolute Gasteiger partial charge is 0.491 e. The molecule has 1 heterocycles. The maximum atomic E-state index is 6.01. The van der Waals surface area contributed by atoms with Crippen LogP contribution in [0.5, 0.6) is 5.75 Å². The molecule has 0 amide bonds. The molecular formula is C15H17NOS. The third-order valence-electron chi connectivity index (χ3n) is 3.88. The number of ether oxygens (including phenoxy) is 1. The number of thiol groups is 1. The molecule has 0 atom stereocenters. The summed E-state index contributed by atoms with van der Waals surface area (Å²) in [5.41, 5.74) is 1.24. The van der Waals surface area contributed by atoms with E-state index >= 15 is 0 Å². The lowest BCUT2D eigenvalue weighted by molar-refractivity contribution is 0.0837. The van der Waals surface area contributed by atoms with E-state index in [0.29, 0.717) is 5.41 Å². The van der Waals surface area contributed by atoms with Gasteiger partial charge in [-0.25, -0.2) is 0 Å². The van der Waals surface area contributed by atoms with Crippen LogP contribution in [-0.4, -0.2) is 17.3 Å². The molecule has 1 aromatic carbocycles. The maximum Gasteiger partial charge on any atom is 0.145 e. The lowest BCUT2D eigenvalue weighted by Crippen LogP contribution is -2.37. The van der Waals surface area contributed by atoms with E-state index in [2.05, 4.69) is 29.7 Å². The fourth-order valence-corrected chi connectivity index (χ4v) is 2.86. The van der Waals surface area contributed by atoms with Crippen molar-refractivity contribution in [1.29, 1.82) is 0 Å². The summed E-state index contributed by atoms with van der Waals surface area (Å²) in [5.74, 6) is 1.80. The van der Waals surface area contributed by atoms with Crippen molar-refractivity contribution in [2.24, 2.45) is 5.41 Å². The predicted octanol–water partition coefficient (Wildman–Crippen LogP) is 3.71. The van der Waals surface area contributed by atoms with Crippen LogP contribution in [-0.2, 0) is 0 Å². The number of hydrogen-bond acceptors (Lipinski definition) is 3. The number of para-hydroxylation sites is 1. The lowest BCUT2D eigenvalue weighted by atomic mass is 9.71. The first-order valence-electron chi connectivity index (χ1n) is 6.40. The summed E-state index contributed by atoms with van der Waals surface area (Å²) in [6.07, 6.45) is 5.58. The van der Waals surface area contributed by atoms with Crippen molar-refractivity contribution >= 4 is 23.5 Å². The Balaban J connectivity index is 1.82. The van der Waals surface area contributed by atoms with E-state index in [1.165, 1.54) is 19.3 Å². The zero-order valence-electron chi connectivity index (χ0n) is 10.3. The summed E-state index contributed by atoms with van der Waals surface area (Å²) in [5, 5.41) is 1.13. The maximum absolute atomic E-state index is 6.01. The Morgan fingerprint density at radius 2 is 2.06 bits per heavy atom. The highest BCUT2D eigenvalue weighted by Gasteiger charge is 2.36. The molecule has 1 aliphatic carbocycles. The van der Waals surface area contributed by atoms with Crippen molar-refractivity contribution in [1.82, 2.24) is 4.98 Å². The number of aromatic nitrogens is 1. The summed E-state index contributed by atoms with van der Waals surface area (Å²) < 4.78 is 6.01. The second kappa shape index (κ2) is 4.81. The molecular weight excluding hydrogens is 242 g/mol. The smallest absolute Gasteiger partial charge is 0.145 e. The molecule has 2 aromatic rings. The number of hydrogen-bond donors (Lipinski definition) is 1. The topological polar surface area (TPSA) is 22.1 Å². The number of fused-ring (bicyclic) bond motifs is 1. The van der Waals surface area contributed by atoms with Gasteiger partial charge in [0.25, 0.3) is 0 Å². The van der Waals surface area contributed by atoms with Crippen molar-refractivity contribution in [3.05, 3.63) is 36.5 Å². The highest BCUT2D eigenvalue weighted by Crippen LogP contribution is 2.42. The molecule has 94 valence electrons. The molecule has 3 heteroatoms. The standard InChI is InChI=1S/C15H17NOS/c18-11-15(7-3-8-15)10-17-13-6-1-4-12-5-2-9-16-14(12)13/h1-2,4-6,9,18H,3,7-8,10-11H2. The monoisotopic (exact) mass is 259 g/mol. The first kappa shape index (κ1) is 11.8. The van der Waals surface area contributed by atoms with Gasteiger partial charge in [-0.05, 0) is 30.7 Å². The molecule has 1 aromatic heterocycles. The zero-order valence-corrected chi connectivity index (χ0v) is 11.2. The normalized spacial score (nSPS) is 17.4. The summed E-state index contributed by atoms with van der Waals surface area (Å²) in [6.45, 7) is 0.756. The van der Waals surface area contributed by atoms with Crippen molar-refractivity contribution in [3.63, 3.8) is 0 Å². The van der Waals surface area contributed by atoms with Crippen LogP contribution in [0.1, 0.15) is 19.3 Å². The van der Waals surface area contributed by atoms with Gasteiger partial charge in [-0.2, -0.15) is 12.6 Å². The molecule has 18 heavy (non-hydrogen) atoms. The van der Waals surface area contributed by atoms with Crippen molar-refractivity contribution in [3.8, 4) is 5.75 Å². The molecule has 0 saturated heterocycles. The number of rotatable bonds is 4. The van der Waals surface area contributed by atoms with Gasteiger partial charge >= 0.3 is 0 Å². The van der Waals surface area contributed by atoms with E-state index in [0.717, 1.165) is 29.0 Å². The van der Waals surface area contributed by atoms with Crippen molar-refractivity contribution in [2.45, 2.75) is 19.3 Å². The Morgan fingerprint density at radius 3 is 2.78 bits per heavy atom. The van der Waals surface area contributed by atoms with Crippen LogP contribution in [0.3, 0.4) is 0 Å². The van der Waals surface area contributed by atoms with Gasteiger partial charge in [-0.3, -0.25) is 4.98 Å². The third kappa shape index (κ3) is 2.07. The van der Waals surface area contributed by atoms with Crippen LogP contribution in [0.4, 0.5) is 0 Å². The Hall–Kier alpha value is -1.22. The van der Waals surface area contributed by atoms with Gasteiger partial charge in [0.1, 0.15) is 11.3 Å². The molecule has 0 spiro atoms. The minimum absolute atomic E-state index is 0.292. The molecule has 0 bridgehead atoms. The van der Waals surface area contributed by atoms with Crippen LogP contribution in [0, 0.1) is 5.41 Å². The molecule has 3 rings (SSSR count). The van der Waals surface area contributed by atoms with Crippen LogP contribution < -0.4 is 4.74 Å². The zero-order chi connectivity index (χ0) is 12.4. The van der Waals surface area contributed by atoms with E-state index in [1.807, 2.05) is 24.4 Å². The van der Waals surface area contributed by atoms with Gasteiger partial charge in [0.15, 0.2) is 0 Å². The van der Waals surface area contributed by atoms with Crippen molar-refractivity contribution < 1.29 is 4.74 Å². The van der Waals surface area contributed by atoms with Gasteiger partial charge in [-0.1, -0.05) is 24.6 Å². The van der Waals surface area contributed by atoms with Crippen LogP contribution in [0.2, 0.25) is 0 Å². The highest BCUT2D eigenvalue weighted by atomic mass is 32.1. The molecule has 0 N–H and O–H groups in total. The predicted molar refractivity (Wildman–Crippen MR) is 77.4 cm³/mol. The summed E-state index contributed by atoms with van der Waals surface area (Å²) in [7, 11) is 0. The van der Waals surface area contributed by atoms with Gasteiger partial charge in [0.05, 0.1) is 6.61 Å². The Morgan fingerprint density at radius 1 is 1.22 bits per heavy atom. The van der Waals surface area contributed by atoms with E-state index in [4.69, 9.17) is 4.74 Å².